The second-order valence-corrected chi connectivity index (χ2v) is 6.48. The van der Waals surface area contributed by atoms with Crippen LogP contribution >= 0.6 is 0 Å². The molecule has 1 amide bonds. The monoisotopic (exact) mass is 336 g/mol. The van der Waals surface area contributed by atoms with Crippen molar-refractivity contribution in [2.45, 2.75) is 33.0 Å². The van der Waals surface area contributed by atoms with Crippen LogP contribution in [0.2, 0.25) is 0 Å². The molecule has 1 aliphatic heterocycles. The average Bonchev–Trinajstić information content (AvgIpc) is 3.22. The summed E-state index contributed by atoms with van der Waals surface area (Å²) in [6, 6.07) is 10.2. The molecule has 128 valence electrons. The molecule has 7 heteroatoms. The molecule has 0 aliphatic carbocycles. The van der Waals surface area contributed by atoms with E-state index in [1.54, 1.807) is 10.9 Å². The van der Waals surface area contributed by atoms with Gasteiger partial charge in [0.1, 0.15) is 5.82 Å². The largest absolute Gasteiger partial charge is 0.329 e. The molecule has 0 saturated heterocycles. The molecule has 0 bridgehead atoms. The fourth-order valence-corrected chi connectivity index (χ4v) is 3.40. The highest BCUT2D eigenvalue weighted by Crippen LogP contribution is 2.22. The number of nitrogens with zero attached hydrogens (tertiary/aromatic N) is 6. The fourth-order valence-electron chi connectivity index (χ4n) is 3.40. The van der Waals surface area contributed by atoms with Gasteiger partial charge in [-0.15, -0.1) is 10.2 Å². The maximum Gasteiger partial charge on any atom is 0.257 e. The Hall–Kier alpha value is -2.96. The van der Waals surface area contributed by atoms with E-state index in [0.29, 0.717) is 25.2 Å². The third-order valence-corrected chi connectivity index (χ3v) is 4.55. The van der Waals surface area contributed by atoms with Gasteiger partial charge in [0.05, 0.1) is 30.9 Å². The van der Waals surface area contributed by atoms with E-state index in [2.05, 4.69) is 26.8 Å². The van der Waals surface area contributed by atoms with E-state index >= 15 is 0 Å². The highest BCUT2D eigenvalue weighted by molar-refractivity contribution is 5.93. The third-order valence-electron chi connectivity index (χ3n) is 4.55. The molecule has 1 aromatic carbocycles. The molecular formula is C18H20N6O. The minimum atomic E-state index is -0.0157. The number of aryl methyl sites for hydroxylation is 1. The van der Waals surface area contributed by atoms with Gasteiger partial charge in [0.25, 0.3) is 5.91 Å². The van der Waals surface area contributed by atoms with E-state index in [1.807, 2.05) is 48.4 Å². The van der Waals surface area contributed by atoms with E-state index in [4.69, 9.17) is 0 Å². The highest BCUT2D eigenvalue weighted by atomic mass is 16.2. The van der Waals surface area contributed by atoms with Crippen molar-refractivity contribution in [1.29, 1.82) is 0 Å². The lowest BCUT2D eigenvalue weighted by molar-refractivity contribution is 0.0680. The number of benzene rings is 1. The van der Waals surface area contributed by atoms with Crippen LogP contribution < -0.4 is 0 Å². The lowest BCUT2D eigenvalue weighted by Crippen LogP contribution is -2.40. The number of carbonyl (C=O) groups is 1. The van der Waals surface area contributed by atoms with Crippen LogP contribution in [0.5, 0.6) is 0 Å². The number of fused-ring (bicyclic) bond motifs is 1. The molecule has 4 rings (SSSR count). The summed E-state index contributed by atoms with van der Waals surface area (Å²) < 4.78 is 3.89. The van der Waals surface area contributed by atoms with Crippen LogP contribution in [-0.2, 0) is 13.1 Å². The molecule has 2 aromatic heterocycles. The van der Waals surface area contributed by atoms with E-state index in [9.17, 15) is 4.79 Å². The Labute approximate surface area is 145 Å². The Kier molecular flexibility index (Phi) is 3.83. The number of carbonyl (C=O) groups excluding carboxylic acids is 1. The van der Waals surface area contributed by atoms with Gasteiger partial charge in [0.15, 0.2) is 5.82 Å². The Morgan fingerprint density at radius 2 is 2.04 bits per heavy atom. The van der Waals surface area contributed by atoms with Crippen LogP contribution in [0.15, 0.2) is 42.7 Å². The van der Waals surface area contributed by atoms with Gasteiger partial charge < -0.3 is 9.47 Å². The Morgan fingerprint density at radius 3 is 2.84 bits per heavy atom. The zero-order chi connectivity index (χ0) is 17.4. The first-order chi connectivity index (χ1) is 12.1. The zero-order valence-corrected chi connectivity index (χ0v) is 14.3. The van der Waals surface area contributed by atoms with Gasteiger partial charge in [-0.1, -0.05) is 30.3 Å². The van der Waals surface area contributed by atoms with Crippen LogP contribution in [0.25, 0.3) is 0 Å². The van der Waals surface area contributed by atoms with Gasteiger partial charge in [0, 0.05) is 12.7 Å². The molecule has 3 heterocycles. The first-order valence-corrected chi connectivity index (χ1v) is 8.38. The van der Waals surface area contributed by atoms with Crippen LogP contribution in [-0.4, -0.2) is 41.9 Å². The number of rotatable bonds is 3. The number of aromatic nitrogens is 5. The van der Waals surface area contributed by atoms with Crippen LogP contribution in [0.1, 0.15) is 40.5 Å². The summed E-state index contributed by atoms with van der Waals surface area (Å²) in [6.45, 7) is 5.80. The van der Waals surface area contributed by atoms with Crippen LogP contribution in [0, 0.1) is 6.92 Å². The average molecular weight is 336 g/mol. The SMILES string of the molecule is Cc1nnc2n1C(C)CN(C(=O)c1cnn(Cc3ccccc3)c1)C2. The first kappa shape index (κ1) is 15.6. The fraction of sp³-hybridized carbons (Fsp3) is 0.333. The van der Waals surface area contributed by atoms with Crippen molar-refractivity contribution in [3.8, 4) is 0 Å². The molecule has 25 heavy (non-hydrogen) atoms. The van der Waals surface area contributed by atoms with Crippen LogP contribution in [0.3, 0.4) is 0 Å². The van der Waals surface area contributed by atoms with E-state index in [0.717, 1.165) is 17.2 Å². The normalized spacial score (nSPS) is 16.7. The van der Waals surface area contributed by atoms with Crippen molar-refractivity contribution in [2.75, 3.05) is 6.54 Å². The van der Waals surface area contributed by atoms with Crippen molar-refractivity contribution >= 4 is 5.91 Å². The van der Waals surface area contributed by atoms with Gasteiger partial charge >= 0.3 is 0 Å². The van der Waals surface area contributed by atoms with Crippen molar-refractivity contribution in [3.05, 3.63) is 65.5 Å². The molecule has 3 aromatic rings. The predicted octanol–water partition coefficient (Wildman–Crippen LogP) is 2.05. The second-order valence-electron chi connectivity index (χ2n) is 6.48. The smallest absolute Gasteiger partial charge is 0.257 e. The summed E-state index contributed by atoms with van der Waals surface area (Å²) in [5, 5.41) is 12.6. The minimum Gasteiger partial charge on any atom is -0.329 e. The van der Waals surface area contributed by atoms with Gasteiger partial charge in [0.2, 0.25) is 0 Å². The van der Waals surface area contributed by atoms with Gasteiger partial charge in [-0.05, 0) is 19.4 Å². The van der Waals surface area contributed by atoms with Gasteiger partial charge in [-0.3, -0.25) is 9.48 Å². The summed E-state index contributed by atoms with van der Waals surface area (Å²) in [6.07, 6.45) is 3.45. The molecule has 1 unspecified atom stereocenters. The maximum atomic E-state index is 12.8. The maximum absolute atomic E-state index is 12.8. The summed E-state index contributed by atoms with van der Waals surface area (Å²) >= 11 is 0. The summed E-state index contributed by atoms with van der Waals surface area (Å²) in [4.78, 5) is 14.7. The molecule has 0 spiro atoms. The quantitative estimate of drug-likeness (QED) is 0.734. The van der Waals surface area contributed by atoms with Crippen LogP contribution in [0.4, 0.5) is 0 Å². The highest BCUT2D eigenvalue weighted by Gasteiger charge is 2.29. The summed E-state index contributed by atoms with van der Waals surface area (Å²) in [5.41, 5.74) is 1.76. The molecule has 0 N–H and O–H groups in total. The number of amides is 1. The van der Waals surface area contributed by atoms with E-state index in [-0.39, 0.29) is 11.9 Å². The molecule has 1 aliphatic rings. The Morgan fingerprint density at radius 1 is 1.24 bits per heavy atom. The second kappa shape index (κ2) is 6.16. The number of hydrogen-bond acceptors (Lipinski definition) is 4. The Balaban J connectivity index is 1.50. The lowest BCUT2D eigenvalue weighted by Gasteiger charge is -2.32. The standard InChI is InChI=1S/C18H20N6O/c1-13-9-22(12-17-21-20-14(2)24(13)17)18(25)16-8-19-23(11-16)10-15-6-4-3-5-7-15/h3-8,11,13H,9-10,12H2,1-2H3. The van der Waals surface area contributed by atoms with Crippen molar-refractivity contribution in [2.24, 2.45) is 0 Å². The predicted molar refractivity (Wildman–Crippen MR) is 92.0 cm³/mol. The molecule has 0 fully saturated rings. The van der Waals surface area contributed by atoms with Gasteiger partial charge in [-0.25, -0.2) is 0 Å². The minimum absolute atomic E-state index is 0.0157. The summed E-state index contributed by atoms with van der Waals surface area (Å²) in [7, 11) is 0. The molecule has 1 atom stereocenters. The zero-order valence-electron chi connectivity index (χ0n) is 14.3. The Bertz CT molecular complexity index is 897. The van der Waals surface area contributed by atoms with Gasteiger partial charge in [-0.2, -0.15) is 5.10 Å². The topological polar surface area (TPSA) is 68.8 Å². The molecular weight excluding hydrogens is 316 g/mol. The van der Waals surface area contributed by atoms with Crippen molar-refractivity contribution in [3.63, 3.8) is 0 Å². The summed E-state index contributed by atoms with van der Waals surface area (Å²) in [5.74, 6) is 1.71. The molecule has 0 saturated carbocycles. The van der Waals surface area contributed by atoms with Crippen molar-refractivity contribution < 1.29 is 4.79 Å². The van der Waals surface area contributed by atoms with E-state index in [1.165, 1.54) is 0 Å². The molecule has 0 radical (unpaired) electrons. The number of hydrogen-bond donors (Lipinski definition) is 0. The lowest BCUT2D eigenvalue weighted by atomic mass is 10.2. The molecule has 7 nitrogen and oxygen atoms in total. The van der Waals surface area contributed by atoms with E-state index < -0.39 is 0 Å². The van der Waals surface area contributed by atoms with Crippen molar-refractivity contribution in [1.82, 2.24) is 29.4 Å². The first-order valence-electron chi connectivity index (χ1n) is 8.38. The third kappa shape index (κ3) is 2.93.